The molecule has 0 spiro atoms. The molecule has 0 unspecified atom stereocenters. The molecule has 2 N–H and O–H groups in total. The van der Waals surface area contributed by atoms with Crippen LogP contribution in [0.1, 0.15) is 39.0 Å². The third-order valence-corrected chi connectivity index (χ3v) is 3.76. The van der Waals surface area contributed by atoms with Gasteiger partial charge in [-0.15, -0.1) is 0 Å². The molecular formula is C15H24N2. The standard InChI is InChI=1S/C15H24N2/c1-2-3-12-17(13-15(16)10-7-11-15)14-8-5-4-6-9-14/h4-6,8-9H,2-3,7,10-13,16H2,1H3. The first-order valence-electron chi connectivity index (χ1n) is 6.82. The molecule has 0 saturated heterocycles. The molecule has 1 saturated carbocycles. The zero-order valence-corrected chi connectivity index (χ0v) is 10.9. The molecule has 1 aromatic carbocycles. The molecular weight excluding hydrogens is 208 g/mol. The first-order chi connectivity index (χ1) is 8.23. The Balaban J connectivity index is 2.02. The summed E-state index contributed by atoms with van der Waals surface area (Å²) in [5.41, 5.74) is 7.76. The van der Waals surface area contributed by atoms with Crippen LogP contribution in [0, 0.1) is 0 Å². The van der Waals surface area contributed by atoms with Gasteiger partial charge in [-0.25, -0.2) is 0 Å². The third-order valence-electron chi connectivity index (χ3n) is 3.76. The van der Waals surface area contributed by atoms with Crippen LogP contribution in [0.15, 0.2) is 30.3 Å². The average molecular weight is 232 g/mol. The Labute approximate surface area is 105 Å². The molecule has 0 amide bonds. The van der Waals surface area contributed by atoms with E-state index in [4.69, 9.17) is 5.73 Å². The number of nitrogens with zero attached hydrogens (tertiary/aromatic N) is 1. The minimum atomic E-state index is 0.0730. The van der Waals surface area contributed by atoms with E-state index in [9.17, 15) is 0 Å². The molecule has 0 heterocycles. The van der Waals surface area contributed by atoms with Gasteiger partial charge in [0, 0.05) is 24.3 Å². The van der Waals surface area contributed by atoms with Crippen LogP contribution in [0.5, 0.6) is 0 Å². The largest absolute Gasteiger partial charge is 0.370 e. The number of para-hydroxylation sites is 1. The van der Waals surface area contributed by atoms with Crippen LogP contribution in [-0.4, -0.2) is 18.6 Å². The molecule has 17 heavy (non-hydrogen) atoms. The smallest absolute Gasteiger partial charge is 0.0366 e. The lowest BCUT2D eigenvalue weighted by atomic mass is 9.77. The number of hydrogen-bond donors (Lipinski definition) is 1. The van der Waals surface area contributed by atoms with Crippen LogP contribution >= 0.6 is 0 Å². The Morgan fingerprint density at radius 3 is 2.47 bits per heavy atom. The first-order valence-corrected chi connectivity index (χ1v) is 6.82. The summed E-state index contributed by atoms with van der Waals surface area (Å²) in [6.07, 6.45) is 6.14. The van der Waals surface area contributed by atoms with E-state index in [2.05, 4.69) is 42.2 Å². The van der Waals surface area contributed by atoms with Gasteiger partial charge >= 0.3 is 0 Å². The highest BCUT2D eigenvalue weighted by molar-refractivity contribution is 5.46. The number of anilines is 1. The maximum absolute atomic E-state index is 6.37. The monoisotopic (exact) mass is 232 g/mol. The van der Waals surface area contributed by atoms with Gasteiger partial charge in [-0.1, -0.05) is 31.5 Å². The molecule has 1 aromatic rings. The number of hydrogen-bond acceptors (Lipinski definition) is 2. The summed E-state index contributed by atoms with van der Waals surface area (Å²) in [6, 6.07) is 10.7. The fourth-order valence-corrected chi connectivity index (χ4v) is 2.46. The van der Waals surface area contributed by atoms with Crippen LogP contribution in [0.2, 0.25) is 0 Å². The van der Waals surface area contributed by atoms with Gasteiger partial charge in [0.1, 0.15) is 0 Å². The zero-order valence-electron chi connectivity index (χ0n) is 10.9. The minimum absolute atomic E-state index is 0.0730. The highest BCUT2D eigenvalue weighted by atomic mass is 15.2. The minimum Gasteiger partial charge on any atom is -0.370 e. The summed E-state index contributed by atoms with van der Waals surface area (Å²) in [5.74, 6) is 0. The SMILES string of the molecule is CCCCN(CC1(N)CCC1)c1ccccc1. The molecule has 0 bridgehead atoms. The van der Waals surface area contributed by atoms with Gasteiger partial charge in [0.2, 0.25) is 0 Å². The van der Waals surface area contributed by atoms with Gasteiger partial charge in [0.15, 0.2) is 0 Å². The van der Waals surface area contributed by atoms with Crippen LogP contribution < -0.4 is 10.6 Å². The van der Waals surface area contributed by atoms with Crippen LogP contribution in [0.3, 0.4) is 0 Å². The Morgan fingerprint density at radius 2 is 1.94 bits per heavy atom. The quantitative estimate of drug-likeness (QED) is 0.816. The summed E-state index contributed by atoms with van der Waals surface area (Å²) >= 11 is 0. The second-order valence-corrected chi connectivity index (χ2v) is 5.33. The van der Waals surface area contributed by atoms with Crippen molar-refractivity contribution in [3.05, 3.63) is 30.3 Å². The van der Waals surface area contributed by atoms with Gasteiger partial charge in [-0.2, -0.15) is 0 Å². The maximum atomic E-state index is 6.37. The molecule has 0 radical (unpaired) electrons. The number of nitrogens with two attached hydrogens (primary N) is 1. The highest BCUT2D eigenvalue weighted by Gasteiger charge is 2.34. The predicted molar refractivity (Wildman–Crippen MR) is 74.3 cm³/mol. The molecule has 2 nitrogen and oxygen atoms in total. The van der Waals surface area contributed by atoms with E-state index in [1.165, 1.54) is 37.8 Å². The van der Waals surface area contributed by atoms with Crippen LogP contribution in [-0.2, 0) is 0 Å². The van der Waals surface area contributed by atoms with Crippen molar-refractivity contribution in [3.8, 4) is 0 Å². The van der Waals surface area contributed by atoms with Crippen molar-refractivity contribution in [1.29, 1.82) is 0 Å². The molecule has 2 rings (SSSR count). The Hall–Kier alpha value is -1.02. The summed E-state index contributed by atoms with van der Waals surface area (Å²) in [6.45, 7) is 4.38. The Kier molecular flexibility index (Phi) is 4.06. The van der Waals surface area contributed by atoms with E-state index in [-0.39, 0.29) is 5.54 Å². The molecule has 0 aliphatic heterocycles. The number of unbranched alkanes of at least 4 members (excludes halogenated alkanes) is 1. The topological polar surface area (TPSA) is 29.3 Å². The van der Waals surface area contributed by atoms with E-state index >= 15 is 0 Å². The van der Waals surface area contributed by atoms with Gasteiger partial charge in [0.25, 0.3) is 0 Å². The van der Waals surface area contributed by atoms with Gasteiger partial charge in [-0.05, 0) is 37.8 Å². The van der Waals surface area contributed by atoms with E-state index in [1.54, 1.807) is 0 Å². The van der Waals surface area contributed by atoms with E-state index in [0.717, 1.165) is 13.1 Å². The Bertz CT molecular complexity index is 330. The van der Waals surface area contributed by atoms with E-state index < -0.39 is 0 Å². The lowest BCUT2D eigenvalue weighted by Crippen LogP contribution is -2.55. The van der Waals surface area contributed by atoms with Crippen molar-refractivity contribution < 1.29 is 0 Å². The molecule has 0 aromatic heterocycles. The average Bonchev–Trinajstić information content (AvgIpc) is 2.33. The Morgan fingerprint density at radius 1 is 1.24 bits per heavy atom. The van der Waals surface area contributed by atoms with Gasteiger partial charge < -0.3 is 10.6 Å². The van der Waals surface area contributed by atoms with Crippen molar-refractivity contribution in [2.75, 3.05) is 18.0 Å². The van der Waals surface area contributed by atoms with E-state index in [1.807, 2.05) is 0 Å². The third kappa shape index (κ3) is 3.22. The number of benzene rings is 1. The summed E-state index contributed by atoms with van der Waals surface area (Å²) in [7, 11) is 0. The number of rotatable bonds is 6. The lowest BCUT2D eigenvalue weighted by Gasteiger charge is -2.42. The summed E-state index contributed by atoms with van der Waals surface area (Å²) < 4.78 is 0. The summed E-state index contributed by atoms with van der Waals surface area (Å²) in [4.78, 5) is 2.46. The zero-order chi connectivity index (χ0) is 12.1. The van der Waals surface area contributed by atoms with Crippen LogP contribution in [0.4, 0.5) is 5.69 Å². The van der Waals surface area contributed by atoms with Crippen molar-refractivity contribution >= 4 is 5.69 Å². The normalized spacial score (nSPS) is 17.5. The fourth-order valence-electron chi connectivity index (χ4n) is 2.46. The fraction of sp³-hybridized carbons (Fsp3) is 0.600. The molecule has 1 aliphatic rings. The second-order valence-electron chi connectivity index (χ2n) is 5.33. The first kappa shape index (κ1) is 12.4. The van der Waals surface area contributed by atoms with Crippen LogP contribution in [0.25, 0.3) is 0 Å². The summed E-state index contributed by atoms with van der Waals surface area (Å²) in [5, 5.41) is 0. The lowest BCUT2D eigenvalue weighted by molar-refractivity contribution is 0.252. The van der Waals surface area contributed by atoms with Crippen molar-refractivity contribution in [2.45, 2.75) is 44.6 Å². The second kappa shape index (κ2) is 5.54. The highest BCUT2D eigenvalue weighted by Crippen LogP contribution is 2.31. The van der Waals surface area contributed by atoms with Crippen molar-refractivity contribution in [3.63, 3.8) is 0 Å². The van der Waals surface area contributed by atoms with E-state index in [0.29, 0.717) is 0 Å². The van der Waals surface area contributed by atoms with Gasteiger partial charge in [-0.3, -0.25) is 0 Å². The molecule has 94 valence electrons. The van der Waals surface area contributed by atoms with Crippen molar-refractivity contribution in [2.24, 2.45) is 5.73 Å². The molecule has 1 aliphatic carbocycles. The maximum Gasteiger partial charge on any atom is 0.0366 e. The molecule has 0 atom stereocenters. The molecule has 1 fully saturated rings. The van der Waals surface area contributed by atoms with Gasteiger partial charge in [0.05, 0.1) is 0 Å². The predicted octanol–water partition coefficient (Wildman–Crippen LogP) is 3.17. The molecule has 2 heteroatoms. The van der Waals surface area contributed by atoms with Crippen molar-refractivity contribution in [1.82, 2.24) is 0 Å².